The van der Waals surface area contributed by atoms with E-state index in [0.717, 1.165) is 22.3 Å². The van der Waals surface area contributed by atoms with Crippen LogP contribution in [0.15, 0.2) is 42.7 Å². The summed E-state index contributed by atoms with van der Waals surface area (Å²) in [7, 11) is 1.80. The summed E-state index contributed by atoms with van der Waals surface area (Å²) in [6.45, 7) is 0. The average Bonchev–Trinajstić information content (AvgIpc) is 2.77. The highest BCUT2D eigenvalue weighted by molar-refractivity contribution is 5.97. The van der Waals surface area contributed by atoms with E-state index in [0.29, 0.717) is 5.69 Å². The summed E-state index contributed by atoms with van der Waals surface area (Å²) in [6.07, 6.45) is 3.45. The second-order valence-electron chi connectivity index (χ2n) is 4.29. The van der Waals surface area contributed by atoms with Gasteiger partial charge in [0.2, 0.25) is 0 Å². The van der Waals surface area contributed by atoms with Crippen molar-refractivity contribution in [2.75, 3.05) is 0 Å². The van der Waals surface area contributed by atoms with Crippen molar-refractivity contribution in [1.29, 1.82) is 0 Å². The zero-order chi connectivity index (χ0) is 13.4. The normalized spacial score (nSPS) is 10.8. The molecule has 19 heavy (non-hydrogen) atoms. The standard InChI is InChI=1S/C14H12N4O/c1-18-12-3-2-10(9-4-6-16-7-5-9)17-11(12)8-13(18)14(15)19/h2-8H,1H3,(H2,15,19). The summed E-state index contributed by atoms with van der Waals surface area (Å²) in [4.78, 5) is 19.8. The van der Waals surface area contributed by atoms with Crippen LogP contribution in [0.25, 0.3) is 22.3 Å². The number of aromatic nitrogens is 3. The lowest BCUT2D eigenvalue weighted by Gasteiger charge is -2.02. The minimum atomic E-state index is -0.453. The molecule has 94 valence electrons. The molecular weight excluding hydrogens is 240 g/mol. The molecule has 0 saturated heterocycles. The summed E-state index contributed by atoms with van der Waals surface area (Å²) < 4.78 is 1.75. The molecule has 0 unspecified atom stereocenters. The Hall–Kier alpha value is -2.69. The summed E-state index contributed by atoms with van der Waals surface area (Å²) in [5, 5.41) is 0. The molecular formula is C14H12N4O. The third-order valence-corrected chi connectivity index (χ3v) is 3.13. The summed E-state index contributed by atoms with van der Waals surface area (Å²) in [5.41, 5.74) is 9.25. The second-order valence-corrected chi connectivity index (χ2v) is 4.29. The van der Waals surface area contributed by atoms with Crippen molar-refractivity contribution >= 4 is 16.9 Å². The molecule has 0 radical (unpaired) electrons. The first kappa shape index (κ1) is 11.4. The molecule has 1 amide bonds. The molecule has 5 heteroatoms. The van der Waals surface area contributed by atoms with Crippen LogP contribution in [0, 0.1) is 0 Å². The molecule has 0 aromatic carbocycles. The van der Waals surface area contributed by atoms with E-state index in [2.05, 4.69) is 9.97 Å². The molecule has 3 aromatic heterocycles. The summed E-state index contributed by atoms with van der Waals surface area (Å²) in [5.74, 6) is -0.453. The molecule has 3 heterocycles. The Bertz CT molecular complexity index is 762. The minimum absolute atomic E-state index is 0.453. The third kappa shape index (κ3) is 1.85. The van der Waals surface area contributed by atoms with Crippen LogP contribution in [0.4, 0.5) is 0 Å². The quantitative estimate of drug-likeness (QED) is 0.754. The monoisotopic (exact) mass is 252 g/mol. The van der Waals surface area contributed by atoms with Gasteiger partial charge >= 0.3 is 0 Å². The largest absolute Gasteiger partial charge is 0.364 e. The van der Waals surface area contributed by atoms with Crippen LogP contribution in [0.2, 0.25) is 0 Å². The fraction of sp³-hybridized carbons (Fsp3) is 0.0714. The van der Waals surface area contributed by atoms with Gasteiger partial charge in [0.15, 0.2) is 0 Å². The van der Waals surface area contributed by atoms with Gasteiger partial charge < -0.3 is 10.3 Å². The lowest BCUT2D eigenvalue weighted by atomic mass is 10.2. The minimum Gasteiger partial charge on any atom is -0.364 e. The van der Waals surface area contributed by atoms with Crippen LogP contribution < -0.4 is 5.73 Å². The van der Waals surface area contributed by atoms with Crippen molar-refractivity contribution in [3.8, 4) is 11.3 Å². The molecule has 0 bridgehead atoms. The Morgan fingerprint density at radius 3 is 2.63 bits per heavy atom. The maximum Gasteiger partial charge on any atom is 0.265 e. The highest BCUT2D eigenvalue weighted by Gasteiger charge is 2.11. The summed E-state index contributed by atoms with van der Waals surface area (Å²) >= 11 is 0. The Labute approximate surface area is 109 Å². The van der Waals surface area contributed by atoms with Gasteiger partial charge in [0.1, 0.15) is 5.69 Å². The number of hydrogen-bond acceptors (Lipinski definition) is 3. The summed E-state index contributed by atoms with van der Waals surface area (Å²) in [6, 6.07) is 9.35. The van der Waals surface area contributed by atoms with Crippen molar-refractivity contribution in [2.24, 2.45) is 12.8 Å². The second kappa shape index (κ2) is 4.20. The van der Waals surface area contributed by atoms with Crippen molar-refractivity contribution in [3.63, 3.8) is 0 Å². The highest BCUT2D eigenvalue weighted by Crippen LogP contribution is 2.22. The van der Waals surface area contributed by atoms with Gasteiger partial charge in [-0.2, -0.15) is 0 Å². The van der Waals surface area contributed by atoms with Gasteiger partial charge in [-0.15, -0.1) is 0 Å². The number of nitrogens with two attached hydrogens (primary N) is 1. The number of carbonyl (C=O) groups is 1. The van der Waals surface area contributed by atoms with E-state index in [4.69, 9.17) is 5.73 Å². The van der Waals surface area contributed by atoms with Crippen LogP contribution in [-0.4, -0.2) is 20.4 Å². The van der Waals surface area contributed by atoms with Gasteiger partial charge in [0.05, 0.1) is 16.7 Å². The topological polar surface area (TPSA) is 73.8 Å². The number of primary amides is 1. The molecule has 5 nitrogen and oxygen atoms in total. The molecule has 0 spiro atoms. The highest BCUT2D eigenvalue weighted by atomic mass is 16.1. The van der Waals surface area contributed by atoms with Crippen LogP contribution >= 0.6 is 0 Å². The van der Waals surface area contributed by atoms with Crippen molar-refractivity contribution in [3.05, 3.63) is 48.4 Å². The van der Waals surface area contributed by atoms with Crippen molar-refractivity contribution < 1.29 is 4.79 Å². The molecule has 3 aromatic rings. The van der Waals surface area contributed by atoms with Crippen LogP contribution in [0.1, 0.15) is 10.5 Å². The first-order valence-electron chi connectivity index (χ1n) is 5.83. The van der Waals surface area contributed by atoms with E-state index in [1.165, 1.54) is 0 Å². The predicted molar refractivity (Wildman–Crippen MR) is 72.5 cm³/mol. The molecule has 2 N–H and O–H groups in total. The molecule has 0 aliphatic carbocycles. The van der Waals surface area contributed by atoms with Crippen molar-refractivity contribution in [2.45, 2.75) is 0 Å². The molecule has 0 fully saturated rings. The number of pyridine rings is 2. The number of amides is 1. The number of nitrogens with zero attached hydrogens (tertiary/aromatic N) is 3. The van der Waals surface area contributed by atoms with Crippen LogP contribution in [0.5, 0.6) is 0 Å². The van der Waals surface area contributed by atoms with Crippen LogP contribution in [-0.2, 0) is 7.05 Å². The van der Waals surface area contributed by atoms with E-state index in [1.807, 2.05) is 24.3 Å². The van der Waals surface area contributed by atoms with E-state index < -0.39 is 5.91 Å². The lowest BCUT2D eigenvalue weighted by Crippen LogP contribution is -2.14. The molecule has 3 rings (SSSR count). The Kier molecular flexibility index (Phi) is 2.52. The zero-order valence-electron chi connectivity index (χ0n) is 10.4. The third-order valence-electron chi connectivity index (χ3n) is 3.13. The Balaban J connectivity index is 2.19. The van der Waals surface area contributed by atoms with Gasteiger partial charge in [-0.25, -0.2) is 4.98 Å². The number of carbonyl (C=O) groups excluding carboxylic acids is 1. The smallest absolute Gasteiger partial charge is 0.265 e. The molecule has 0 saturated carbocycles. The van der Waals surface area contributed by atoms with E-state index in [1.54, 1.807) is 30.1 Å². The van der Waals surface area contributed by atoms with Crippen molar-refractivity contribution in [1.82, 2.24) is 14.5 Å². The Morgan fingerprint density at radius 1 is 1.21 bits per heavy atom. The predicted octanol–water partition coefficient (Wildman–Crippen LogP) is 1.73. The first-order valence-corrected chi connectivity index (χ1v) is 5.83. The van der Waals surface area contributed by atoms with E-state index >= 15 is 0 Å². The molecule has 0 aliphatic heterocycles. The zero-order valence-corrected chi connectivity index (χ0v) is 10.4. The lowest BCUT2D eigenvalue weighted by molar-refractivity contribution is 0.0993. The number of rotatable bonds is 2. The number of aryl methyl sites for hydroxylation is 1. The molecule has 0 aliphatic rings. The fourth-order valence-corrected chi connectivity index (χ4v) is 2.13. The first-order chi connectivity index (χ1) is 9.16. The van der Waals surface area contributed by atoms with E-state index in [-0.39, 0.29) is 0 Å². The number of hydrogen-bond donors (Lipinski definition) is 1. The van der Waals surface area contributed by atoms with Gasteiger partial charge in [-0.05, 0) is 30.3 Å². The Morgan fingerprint density at radius 2 is 1.95 bits per heavy atom. The maximum absolute atomic E-state index is 11.3. The van der Waals surface area contributed by atoms with Crippen LogP contribution in [0.3, 0.4) is 0 Å². The maximum atomic E-state index is 11.3. The fourth-order valence-electron chi connectivity index (χ4n) is 2.13. The molecule has 0 atom stereocenters. The van der Waals surface area contributed by atoms with Gasteiger partial charge in [0.25, 0.3) is 5.91 Å². The van der Waals surface area contributed by atoms with Gasteiger partial charge in [0, 0.05) is 25.0 Å². The van der Waals surface area contributed by atoms with Gasteiger partial charge in [-0.1, -0.05) is 0 Å². The van der Waals surface area contributed by atoms with E-state index in [9.17, 15) is 4.79 Å². The average molecular weight is 252 g/mol. The number of fused-ring (bicyclic) bond motifs is 1. The van der Waals surface area contributed by atoms with Gasteiger partial charge in [-0.3, -0.25) is 9.78 Å². The SMILES string of the molecule is Cn1c(C(N)=O)cc2nc(-c3ccncc3)ccc21.